The Kier molecular flexibility index (Phi) is 22.6. The number of rotatable bonds is 7. The van der Waals surface area contributed by atoms with Gasteiger partial charge in [-0.05, 0) is 125 Å². The van der Waals surface area contributed by atoms with Gasteiger partial charge in [-0.2, -0.15) is 5.10 Å². The van der Waals surface area contributed by atoms with Crippen LogP contribution in [-0.2, 0) is 19.1 Å². The van der Waals surface area contributed by atoms with Crippen LogP contribution in [0.3, 0.4) is 0 Å². The number of aliphatic imine (C=N–C) groups is 3. The maximum Gasteiger partial charge on any atom is 0.308 e. The summed E-state index contributed by atoms with van der Waals surface area (Å²) >= 11 is 3.36. The smallest absolute Gasteiger partial charge is 0.308 e. The number of halogens is 1. The zero-order valence-corrected chi connectivity index (χ0v) is 49.4. The molecule has 2 aliphatic rings. The van der Waals surface area contributed by atoms with E-state index in [2.05, 4.69) is 81.9 Å². The number of carbonyl (C=O) groups is 2. The molecular weight excluding hydrogens is 1100 g/mol. The number of carbonyl (C=O) groups excluding carboxylic acids is 2. The van der Waals surface area contributed by atoms with Crippen molar-refractivity contribution in [1.82, 2.24) is 39.3 Å². The lowest BCUT2D eigenvalue weighted by molar-refractivity contribution is -0.156. The Morgan fingerprint density at radius 2 is 1.09 bits per heavy atom. The first kappa shape index (κ1) is 66.2. The third kappa shape index (κ3) is 16.0. The predicted octanol–water partition coefficient (Wildman–Crippen LogP) is 9.01. The summed E-state index contributed by atoms with van der Waals surface area (Å²) in [6.07, 6.45) is 3.32. The minimum Gasteiger partial charge on any atom is -0.460 e. The standard InChI is InChI=1S/C27H31N7O2S.C26H29N5O2S.C4H6N4.2CH4.ClH/c1-15-16(2)37-25-22(15)23(19-11-9-18(10-12-19)8-7-13-30-26(28)29)31-20(14-21(35)36-27(4,5)6)24-33-32-17(3)34(24)25;1-15-16(2)34-25-22(15)23(19-11-9-18(10-12-19)8-7-13-27)28-20(14-21(32)33-26(4,5)6)24-30-29-17(3)31(24)25;5-4(6)8-3-1-2-7-8;;;/h9-12,20H,13-14H2,1-6H3,(H4,28,29,30);9-12,20H,13-14,27H2,1-6H3;1-3H,(H3,5,6);2*1H4;1H/t2*20-;;;;/m00..../s1. The van der Waals surface area contributed by atoms with Crippen molar-refractivity contribution in [3.63, 3.8) is 0 Å². The minimum absolute atomic E-state index is 0. The minimum atomic E-state index is -0.595. The molecule has 0 unspecified atom stereocenters. The molecule has 0 amide bonds. The van der Waals surface area contributed by atoms with Crippen LogP contribution in [0.5, 0.6) is 0 Å². The Balaban J connectivity index is 0.000000301. The molecule has 0 saturated carbocycles. The van der Waals surface area contributed by atoms with Gasteiger partial charge in [0.1, 0.15) is 51.5 Å². The summed E-state index contributed by atoms with van der Waals surface area (Å²) in [5, 5.41) is 30.1. The van der Waals surface area contributed by atoms with Gasteiger partial charge in [0.25, 0.3) is 0 Å². The first-order chi connectivity index (χ1) is 37.3. The van der Waals surface area contributed by atoms with Gasteiger partial charge < -0.3 is 32.4 Å². The van der Waals surface area contributed by atoms with Crippen LogP contribution in [0.1, 0.15) is 159 Å². The van der Waals surface area contributed by atoms with Gasteiger partial charge in [0.15, 0.2) is 17.6 Å². The number of benzene rings is 2. The van der Waals surface area contributed by atoms with E-state index in [0.29, 0.717) is 18.2 Å². The third-order valence-corrected chi connectivity index (χ3v) is 14.4. The Labute approximate surface area is 494 Å². The number of ether oxygens (including phenoxy) is 2. The van der Waals surface area contributed by atoms with E-state index in [0.717, 1.165) is 77.6 Å². The fraction of sp³-hybridized carbons (Fsp3) is 0.373. The van der Waals surface area contributed by atoms with Crippen molar-refractivity contribution in [2.24, 2.45) is 37.9 Å². The van der Waals surface area contributed by atoms with Crippen LogP contribution in [0.4, 0.5) is 0 Å². The molecule has 0 bridgehead atoms. The fourth-order valence-corrected chi connectivity index (χ4v) is 10.8. The molecule has 2 aliphatic heterocycles. The molecule has 2 atom stereocenters. The molecule has 0 aliphatic carbocycles. The van der Waals surface area contributed by atoms with Crippen molar-refractivity contribution in [2.45, 2.75) is 134 Å². The largest absolute Gasteiger partial charge is 0.460 e. The average Bonchev–Trinajstić information content (AvgIpc) is 3.55. The molecular formula is C59H75ClN16O4S2. The molecule has 82 heavy (non-hydrogen) atoms. The van der Waals surface area contributed by atoms with Crippen LogP contribution in [0.15, 0.2) is 82.0 Å². The van der Waals surface area contributed by atoms with Crippen LogP contribution in [0.25, 0.3) is 10.0 Å². The van der Waals surface area contributed by atoms with Crippen LogP contribution in [-0.4, -0.2) is 98.9 Å². The normalized spacial score (nSPS) is 13.6. The van der Waals surface area contributed by atoms with Gasteiger partial charge >= 0.3 is 11.9 Å². The summed E-state index contributed by atoms with van der Waals surface area (Å²) in [4.78, 5) is 42.2. The summed E-state index contributed by atoms with van der Waals surface area (Å²) < 4.78 is 16.6. The average molecular weight is 1170 g/mol. The van der Waals surface area contributed by atoms with Crippen LogP contribution < -0.4 is 22.9 Å². The number of esters is 2. The van der Waals surface area contributed by atoms with Crippen molar-refractivity contribution >= 4 is 70.4 Å². The topological polar surface area (TPSA) is 297 Å². The predicted molar refractivity (Wildman–Crippen MR) is 331 cm³/mol. The molecule has 0 radical (unpaired) electrons. The molecule has 0 fully saturated rings. The summed E-state index contributed by atoms with van der Waals surface area (Å²) in [6, 6.07) is 16.4. The van der Waals surface area contributed by atoms with Crippen molar-refractivity contribution in [2.75, 3.05) is 13.1 Å². The van der Waals surface area contributed by atoms with Crippen LogP contribution in [0.2, 0.25) is 0 Å². The van der Waals surface area contributed by atoms with Crippen molar-refractivity contribution in [3.05, 3.63) is 145 Å². The van der Waals surface area contributed by atoms with Gasteiger partial charge in [0.05, 0.1) is 30.8 Å². The fourth-order valence-electron chi connectivity index (χ4n) is 8.39. The Morgan fingerprint density at radius 3 is 1.43 bits per heavy atom. The van der Waals surface area contributed by atoms with Gasteiger partial charge in [0.2, 0.25) is 5.96 Å². The van der Waals surface area contributed by atoms with Crippen LogP contribution >= 0.6 is 35.1 Å². The van der Waals surface area contributed by atoms with E-state index in [1.54, 1.807) is 41.1 Å². The highest BCUT2D eigenvalue weighted by Crippen LogP contribution is 2.41. The molecule has 7 aromatic rings. The summed E-state index contributed by atoms with van der Waals surface area (Å²) in [5.74, 6) is 14.0. The highest BCUT2D eigenvalue weighted by molar-refractivity contribution is 7.15. The Hall–Kier alpha value is -8.28. The number of aromatic nitrogens is 8. The number of nitrogen functional groups attached to an aromatic ring is 1. The molecule has 5 aromatic heterocycles. The number of nitrogens with one attached hydrogen (secondary N) is 1. The maximum absolute atomic E-state index is 12.9. The second kappa shape index (κ2) is 27.9. The lowest BCUT2D eigenvalue weighted by Crippen LogP contribution is -2.25. The number of nitrogens with two attached hydrogens (primary N) is 4. The van der Waals surface area contributed by atoms with E-state index in [4.69, 9.17) is 47.8 Å². The molecule has 7 heterocycles. The molecule has 434 valence electrons. The number of thiophene rings is 2. The second-order valence-electron chi connectivity index (χ2n) is 20.4. The van der Waals surface area contributed by atoms with Gasteiger partial charge in [-0.1, -0.05) is 62.8 Å². The van der Waals surface area contributed by atoms with E-state index >= 15 is 0 Å². The molecule has 23 heteroatoms. The molecule has 0 spiro atoms. The highest BCUT2D eigenvalue weighted by Gasteiger charge is 2.35. The summed E-state index contributed by atoms with van der Waals surface area (Å²) in [7, 11) is 0. The SMILES string of the molecule is C.C.Cc1sc2c(c1C)C(c1ccc(C#CCN)cc1)=N[C@@H](CC(=O)OC(C)(C)C)c1nnc(C)n1-2.Cc1sc2c(c1C)C(c1ccc(C#CCN=C(N)N)cc1)=N[C@@H](CC(=O)OC(C)(C)C)c1nnc(C)n1-2.Cl.N=C(N)n1cccn1. The molecule has 9 rings (SSSR count). The highest BCUT2D eigenvalue weighted by atomic mass is 35.5. The number of fused-ring (bicyclic) bond motifs is 6. The van der Waals surface area contributed by atoms with Gasteiger partial charge in [-0.15, -0.1) is 55.5 Å². The molecule has 2 aromatic carbocycles. The molecule has 20 nitrogen and oxygen atoms in total. The van der Waals surface area contributed by atoms with E-state index in [1.165, 1.54) is 14.4 Å². The van der Waals surface area contributed by atoms with E-state index in [9.17, 15) is 9.59 Å². The Morgan fingerprint density at radius 1 is 0.671 bits per heavy atom. The zero-order valence-electron chi connectivity index (χ0n) is 46.9. The van der Waals surface area contributed by atoms with E-state index in [-0.39, 0.29) is 70.5 Å². The van der Waals surface area contributed by atoms with Crippen molar-refractivity contribution in [1.29, 1.82) is 5.41 Å². The second-order valence-corrected chi connectivity index (χ2v) is 22.8. The molecule has 9 N–H and O–H groups in total. The van der Waals surface area contributed by atoms with E-state index < -0.39 is 23.3 Å². The first-order valence-corrected chi connectivity index (χ1v) is 26.9. The van der Waals surface area contributed by atoms with Crippen molar-refractivity contribution < 1.29 is 19.1 Å². The zero-order chi connectivity index (χ0) is 57.5. The van der Waals surface area contributed by atoms with Crippen molar-refractivity contribution in [3.8, 4) is 33.7 Å². The Bertz CT molecular complexity index is 3620. The van der Waals surface area contributed by atoms with E-state index in [1.807, 2.05) is 113 Å². The van der Waals surface area contributed by atoms with Crippen LogP contribution in [0, 0.1) is 70.6 Å². The van der Waals surface area contributed by atoms with Gasteiger partial charge in [-0.25, -0.2) is 9.67 Å². The lowest BCUT2D eigenvalue weighted by Gasteiger charge is -2.21. The maximum atomic E-state index is 12.9. The monoisotopic (exact) mass is 1170 g/mol. The van der Waals surface area contributed by atoms with Gasteiger partial charge in [0, 0.05) is 55.5 Å². The van der Waals surface area contributed by atoms with Gasteiger partial charge in [-0.3, -0.25) is 34.1 Å². The number of guanidine groups is 1. The quantitative estimate of drug-likeness (QED) is 0.0431. The number of aryl methyl sites for hydroxylation is 4. The lowest BCUT2D eigenvalue weighted by atomic mass is 9.98. The summed E-state index contributed by atoms with van der Waals surface area (Å²) in [5.41, 5.74) is 29.7. The number of hydrogen-bond acceptors (Lipinski definition) is 16. The number of hydrogen-bond donors (Lipinski definition) is 5. The number of nitrogens with zero attached hydrogens (tertiary/aromatic N) is 11. The third-order valence-electron chi connectivity index (χ3n) is 12.0. The first-order valence-electron chi connectivity index (χ1n) is 25.3. The summed E-state index contributed by atoms with van der Waals surface area (Å²) in [6.45, 7) is 23.9. The molecule has 0 saturated heterocycles.